The maximum Gasteiger partial charge on any atom is 0.195 e. The number of halogens is 1. The van der Waals surface area contributed by atoms with Gasteiger partial charge in [-0.15, -0.1) is 10.2 Å². The number of rotatable bonds is 3. The minimum atomic E-state index is 0.0482. The number of nitrogens with zero attached hydrogens (tertiary/aromatic N) is 3. The number of aromatic nitrogens is 3. The normalized spacial score (nSPS) is 10.5. The Morgan fingerprint density at radius 2 is 2.29 bits per heavy atom. The molecule has 1 aromatic carbocycles. The van der Waals surface area contributed by atoms with Crippen LogP contribution in [0.15, 0.2) is 39.1 Å². The fraction of sp³-hybridized carbons (Fsp3) is 0.100. The lowest BCUT2D eigenvalue weighted by molar-refractivity contribution is 0.788. The Bertz CT molecular complexity index is 566. The number of benzene rings is 1. The highest BCUT2D eigenvalue weighted by molar-refractivity contribution is 9.10. The molecule has 0 saturated heterocycles. The Hall–Kier alpha value is -1.34. The van der Waals surface area contributed by atoms with Crippen molar-refractivity contribution >= 4 is 33.5 Å². The summed E-state index contributed by atoms with van der Waals surface area (Å²) in [5, 5.41) is 16.0. The zero-order valence-corrected chi connectivity index (χ0v) is 11.4. The number of nitrogens with one attached hydrogen (secondary N) is 1. The van der Waals surface area contributed by atoms with E-state index in [2.05, 4.69) is 26.1 Å². The summed E-state index contributed by atoms with van der Waals surface area (Å²) in [6, 6.07) is 5.63. The molecule has 17 heavy (non-hydrogen) atoms. The molecule has 0 aliphatic heterocycles. The van der Waals surface area contributed by atoms with Crippen LogP contribution in [-0.2, 0) is 7.05 Å². The average Bonchev–Trinajstić information content (AvgIpc) is 2.64. The van der Waals surface area contributed by atoms with Crippen molar-refractivity contribution in [2.75, 3.05) is 0 Å². The van der Waals surface area contributed by atoms with E-state index in [1.165, 1.54) is 11.8 Å². The molecular formula is C10H10BrN5S. The smallest absolute Gasteiger partial charge is 0.195 e. The van der Waals surface area contributed by atoms with Crippen LogP contribution in [-0.4, -0.2) is 20.6 Å². The summed E-state index contributed by atoms with van der Waals surface area (Å²) < 4.78 is 2.65. The van der Waals surface area contributed by atoms with Crippen LogP contribution in [0.5, 0.6) is 0 Å². The second-order valence-corrected chi connectivity index (χ2v) is 5.28. The van der Waals surface area contributed by atoms with Crippen molar-refractivity contribution in [3.8, 4) is 0 Å². The third-order valence-electron chi connectivity index (χ3n) is 2.11. The molecule has 0 fully saturated rings. The Kier molecular flexibility index (Phi) is 3.49. The highest BCUT2D eigenvalue weighted by Gasteiger charge is 2.07. The molecule has 0 atom stereocenters. The van der Waals surface area contributed by atoms with E-state index in [4.69, 9.17) is 11.1 Å². The largest absolute Gasteiger partial charge is 0.384 e. The van der Waals surface area contributed by atoms with E-state index in [9.17, 15) is 0 Å². The molecule has 0 bridgehead atoms. The molecular weight excluding hydrogens is 302 g/mol. The van der Waals surface area contributed by atoms with Crippen LogP contribution in [0, 0.1) is 5.41 Å². The van der Waals surface area contributed by atoms with Crippen LogP contribution >= 0.6 is 27.7 Å². The van der Waals surface area contributed by atoms with Crippen molar-refractivity contribution < 1.29 is 0 Å². The van der Waals surface area contributed by atoms with Crippen LogP contribution in [0.1, 0.15) is 5.56 Å². The van der Waals surface area contributed by atoms with Crippen LogP contribution in [0.2, 0.25) is 0 Å². The van der Waals surface area contributed by atoms with Gasteiger partial charge in [0.1, 0.15) is 12.2 Å². The molecule has 0 radical (unpaired) electrons. The molecule has 1 heterocycles. The summed E-state index contributed by atoms with van der Waals surface area (Å²) in [5.41, 5.74) is 6.13. The lowest BCUT2D eigenvalue weighted by atomic mass is 10.2. The number of amidine groups is 1. The van der Waals surface area contributed by atoms with E-state index in [-0.39, 0.29) is 5.84 Å². The maximum atomic E-state index is 7.39. The van der Waals surface area contributed by atoms with Crippen molar-refractivity contribution in [1.82, 2.24) is 14.8 Å². The molecule has 0 unspecified atom stereocenters. The molecule has 3 N–H and O–H groups in total. The second-order valence-electron chi connectivity index (χ2n) is 3.38. The third-order valence-corrected chi connectivity index (χ3v) is 3.81. The lowest BCUT2D eigenvalue weighted by Gasteiger charge is -2.05. The standard InChI is InChI=1S/C10H10BrN5S/c1-16-5-14-15-10(16)17-6-2-3-7(9(12)13)8(11)4-6/h2-5H,1H3,(H3,12,13). The van der Waals surface area contributed by atoms with Gasteiger partial charge in [0.2, 0.25) is 0 Å². The SMILES string of the molecule is Cn1cnnc1Sc1ccc(C(=N)N)c(Br)c1. The van der Waals surface area contributed by atoms with Gasteiger partial charge in [-0.05, 0) is 45.9 Å². The molecule has 0 spiro atoms. The van der Waals surface area contributed by atoms with Gasteiger partial charge in [-0.2, -0.15) is 0 Å². The van der Waals surface area contributed by atoms with Crippen molar-refractivity contribution in [2.45, 2.75) is 10.1 Å². The molecule has 0 aliphatic carbocycles. The third kappa shape index (κ3) is 2.67. The lowest BCUT2D eigenvalue weighted by Crippen LogP contribution is -2.11. The van der Waals surface area contributed by atoms with Crippen LogP contribution < -0.4 is 5.73 Å². The minimum absolute atomic E-state index is 0.0482. The van der Waals surface area contributed by atoms with Gasteiger partial charge in [0.25, 0.3) is 0 Å². The van der Waals surface area contributed by atoms with Gasteiger partial charge in [-0.1, -0.05) is 0 Å². The van der Waals surface area contributed by atoms with Gasteiger partial charge in [0, 0.05) is 22.0 Å². The van der Waals surface area contributed by atoms with Gasteiger partial charge < -0.3 is 10.3 Å². The van der Waals surface area contributed by atoms with Gasteiger partial charge >= 0.3 is 0 Å². The van der Waals surface area contributed by atoms with E-state index in [1.54, 1.807) is 6.33 Å². The Balaban J connectivity index is 2.27. The quantitative estimate of drug-likeness (QED) is 0.671. The topological polar surface area (TPSA) is 80.6 Å². The summed E-state index contributed by atoms with van der Waals surface area (Å²) in [4.78, 5) is 1.01. The first-order valence-electron chi connectivity index (χ1n) is 4.73. The summed E-state index contributed by atoms with van der Waals surface area (Å²) >= 11 is 4.90. The first kappa shape index (κ1) is 12.1. The molecule has 2 rings (SSSR count). The summed E-state index contributed by atoms with van der Waals surface area (Å²) in [7, 11) is 1.89. The van der Waals surface area contributed by atoms with Crippen LogP contribution in [0.25, 0.3) is 0 Å². The number of hydrogen-bond acceptors (Lipinski definition) is 4. The maximum absolute atomic E-state index is 7.39. The highest BCUT2D eigenvalue weighted by atomic mass is 79.9. The number of hydrogen-bond donors (Lipinski definition) is 2. The molecule has 5 nitrogen and oxygen atoms in total. The molecule has 7 heteroatoms. The fourth-order valence-corrected chi connectivity index (χ4v) is 2.79. The van der Waals surface area contributed by atoms with Crippen LogP contribution in [0.4, 0.5) is 0 Å². The van der Waals surface area contributed by atoms with Gasteiger partial charge in [0.05, 0.1) is 0 Å². The predicted molar refractivity (Wildman–Crippen MR) is 70.3 cm³/mol. The van der Waals surface area contributed by atoms with Crippen molar-refractivity contribution in [2.24, 2.45) is 12.8 Å². The zero-order chi connectivity index (χ0) is 12.4. The van der Waals surface area contributed by atoms with Crippen molar-refractivity contribution in [3.63, 3.8) is 0 Å². The van der Waals surface area contributed by atoms with E-state index < -0.39 is 0 Å². The highest BCUT2D eigenvalue weighted by Crippen LogP contribution is 2.29. The molecule has 2 aromatic rings. The van der Waals surface area contributed by atoms with Crippen LogP contribution in [0.3, 0.4) is 0 Å². The van der Waals surface area contributed by atoms with E-state index in [0.29, 0.717) is 5.56 Å². The van der Waals surface area contributed by atoms with Gasteiger partial charge in [-0.25, -0.2) is 0 Å². The number of nitrogens with two attached hydrogens (primary N) is 1. The molecule has 1 aromatic heterocycles. The molecule has 0 saturated carbocycles. The van der Waals surface area contributed by atoms with E-state index in [1.807, 2.05) is 29.8 Å². The summed E-state index contributed by atoms with van der Waals surface area (Å²) in [6.45, 7) is 0. The van der Waals surface area contributed by atoms with Gasteiger partial charge in [-0.3, -0.25) is 5.41 Å². The molecule has 0 amide bonds. The first-order valence-corrected chi connectivity index (χ1v) is 6.34. The Labute approximate surface area is 111 Å². The van der Waals surface area contributed by atoms with E-state index in [0.717, 1.165) is 14.5 Å². The predicted octanol–water partition coefficient (Wildman–Crippen LogP) is 2.01. The zero-order valence-electron chi connectivity index (χ0n) is 9.01. The Morgan fingerprint density at radius 3 is 2.82 bits per heavy atom. The number of aryl methyl sites for hydroxylation is 1. The summed E-state index contributed by atoms with van der Waals surface area (Å²) in [6.07, 6.45) is 1.65. The van der Waals surface area contributed by atoms with Crippen molar-refractivity contribution in [3.05, 3.63) is 34.6 Å². The first-order chi connectivity index (χ1) is 8.08. The number of nitrogen functional groups attached to an aromatic ring is 1. The fourth-order valence-electron chi connectivity index (χ4n) is 1.25. The van der Waals surface area contributed by atoms with Crippen molar-refractivity contribution in [1.29, 1.82) is 5.41 Å². The molecule has 0 aliphatic rings. The van der Waals surface area contributed by atoms with E-state index >= 15 is 0 Å². The Morgan fingerprint density at radius 1 is 1.53 bits per heavy atom. The monoisotopic (exact) mass is 311 g/mol. The summed E-state index contributed by atoms with van der Waals surface area (Å²) in [5.74, 6) is 0.0482. The molecule has 88 valence electrons. The minimum Gasteiger partial charge on any atom is -0.384 e. The second kappa shape index (κ2) is 4.89. The van der Waals surface area contributed by atoms with Gasteiger partial charge in [0.15, 0.2) is 5.16 Å². The average molecular weight is 312 g/mol.